The summed E-state index contributed by atoms with van der Waals surface area (Å²) in [6.07, 6.45) is 0.566. The maximum Gasteiger partial charge on any atom is 0.239 e. The van der Waals surface area contributed by atoms with Gasteiger partial charge in [-0.25, -0.2) is 13.6 Å². The van der Waals surface area contributed by atoms with Crippen LogP contribution in [0.4, 0.5) is 5.69 Å². The van der Waals surface area contributed by atoms with Crippen molar-refractivity contribution in [2.75, 3.05) is 18.4 Å². The molecule has 2 rings (SSSR count). The Labute approximate surface area is 152 Å². The van der Waals surface area contributed by atoms with Crippen molar-refractivity contribution in [3.8, 4) is 0 Å². The van der Waals surface area contributed by atoms with E-state index in [1.54, 1.807) is 36.4 Å². The molecule has 0 saturated carbocycles. The van der Waals surface area contributed by atoms with Gasteiger partial charge in [-0.05, 0) is 43.2 Å². The van der Waals surface area contributed by atoms with E-state index < -0.39 is 10.0 Å². The number of anilines is 1. The third-order valence-corrected chi connectivity index (χ3v) is 4.64. The van der Waals surface area contributed by atoms with E-state index in [1.807, 2.05) is 0 Å². The van der Waals surface area contributed by atoms with Crippen molar-refractivity contribution in [3.05, 3.63) is 59.7 Å². The highest BCUT2D eigenvalue weighted by molar-refractivity contribution is 7.89. The molecule has 0 radical (unpaired) electrons. The largest absolute Gasteiger partial charge is 0.376 e. The first-order valence-corrected chi connectivity index (χ1v) is 9.53. The Kier molecular flexibility index (Phi) is 6.48. The number of hydrogen-bond acceptors (Lipinski definition) is 5. The van der Waals surface area contributed by atoms with Crippen molar-refractivity contribution in [2.45, 2.75) is 18.2 Å². The highest BCUT2D eigenvalue weighted by atomic mass is 32.2. The normalized spacial score (nSPS) is 11.0. The van der Waals surface area contributed by atoms with Gasteiger partial charge in [0, 0.05) is 17.8 Å². The van der Waals surface area contributed by atoms with E-state index in [2.05, 4.69) is 10.6 Å². The monoisotopic (exact) mass is 375 g/mol. The first-order chi connectivity index (χ1) is 12.3. The second kappa shape index (κ2) is 8.59. The van der Waals surface area contributed by atoms with E-state index in [9.17, 15) is 18.0 Å². The van der Waals surface area contributed by atoms with Gasteiger partial charge in [0.2, 0.25) is 15.9 Å². The minimum Gasteiger partial charge on any atom is -0.376 e. The number of nitrogens with two attached hydrogens (primary N) is 1. The molecule has 4 N–H and O–H groups in total. The van der Waals surface area contributed by atoms with Gasteiger partial charge in [-0.1, -0.05) is 24.3 Å². The van der Waals surface area contributed by atoms with Gasteiger partial charge >= 0.3 is 0 Å². The number of hydrogen-bond donors (Lipinski definition) is 3. The van der Waals surface area contributed by atoms with E-state index in [1.165, 1.54) is 19.1 Å². The Morgan fingerprint density at radius 1 is 1.08 bits per heavy atom. The Hall–Kier alpha value is -2.71. The van der Waals surface area contributed by atoms with Gasteiger partial charge in [0.25, 0.3) is 0 Å². The second-order valence-corrected chi connectivity index (χ2v) is 7.34. The first-order valence-electron chi connectivity index (χ1n) is 7.99. The molecule has 0 aromatic heterocycles. The lowest BCUT2D eigenvalue weighted by Crippen LogP contribution is -2.31. The molecule has 26 heavy (non-hydrogen) atoms. The van der Waals surface area contributed by atoms with Crippen LogP contribution in [-0.4, -0.2) is 33.2 Å². The maximum absolute atomic E-state index is 11.9. The van der Waals surface area contributed by atoms with E-state index in [0.29, 0.717) is 24.2 Å². The summed E-state index contributed by atoms with van der Waals surface area (Å²) in [4.78, 5) is 23.3. The molecule has 2 aromatic carbocycles. The number of primary sulfonamides is 1. The quantitative estimate of drug-likeness (QED) is 0.601. The molecule has 0 aliphatic heterocycles. The number of Topliss-reactive ketones (excluding diaryl/α,β-unsaturated/α-hetero) is 1. The smallest absolute Gasteiger partial charge is 0.239 e. The highest BCUT2D eigenvalue weighted by Crippen LogP contribution is 2.11. The highest BCUT2D eigenvalue weighted by Gasteiger charge is 2.07. The van der Waals surface area contributed by atoms with Crippen molar-refractivity contribution in [3.63, 3.8) is 0 Å². The SMILES string of the molecule is CC(=O)c1cccc(NCC(=O)NCCc2ccc(S(N)(=O)=O)cc2)c1. The Balaban J connectivity index is 1.77. The minimum absolute atomic E-state index is 0.0356. The number of nitrogens with one attached hydrogen (secondary N) is 2. The lowest BCUT2D eigenvalue weighted by atomic mass is 10.1. The molecule has 138 valence electrons. The van der Waals surface area contributed by atoms with Crippen LogP contribution in [-0.2, 0) is 21.2 Å². The third-order valence-electron chi connectivity index (χ3n) is 3.71. The molecule has 0 heterocycles. The van der Waals surface area contributed by atoms with Crippen LogP contribution in [0.15, 0.2) is 53.4 Å². The summed E-state index contributed by atoms with van der Waals surface area (Å²) in [7, 11) is -3.69. The van der Waals surface area contributed by atoms with Crippen LogP contribution in [0.3, 0.4) is 0 Å². The topological polar surface area (TPSA) is 118 Å². The summed E-state index contributed by atoms with van der Waals surface area (Å²) in [6, 6.07) is 13.2. The standard InChI is InChI=1S/C18H21N3O4S/c1-13(22)15-3-2-4-16(11-15)21-12-18(23)20-10-9-14-5-7-17(8-6-14)26(19,24)25/h2-8,11,21H,9-10,12H2,1H3,(H,20,23)(H2,19,24,25). The summed E-state index contributed by atoms with van der Waals surface area (Å²) in [6.45, 7) is 2.00. The zero-order chi connectivity index (χ0) is 19.2. The lowest BCUT2D eigenvalue weighted by molar-refractivity contribution is -0.119. The first kappa shape index (κ1) is 19.6. The Morgan fingerprint density at radius 2 is 1.77 bits per heavy atom. The molecule has 0 aliphatic carbocycles. The molecular weight excluding hydrogens is 354 g/mol. The van der Waals surface area contributed by atoms with Crippen molar-refractivity contribution in [1.82, 2.24) is 5.32 Å². The van der Waals surface area contributed by atoms with Crippen molar-refractivity contribution in [2.24, 2.45) is 5.14 Å². The maximum atomic E-state index is 11.9. The predicted octanol–water partition coefficient (Wildman–Crippen LogP) is 1.31. The molecule has 0 unspecified atom stereocenters. The van der Waals surface area contributed by atoms with Crippen LogP contribution in [0.25, 0.3) is 0 Å². The predicted molar refractivity (Wildman–Crippen MR) is 99.5 cm³/mol. The summed E-state index contributed by atoms with van der Waals surface area (Å²) >= 11 is 0. The molecule has 0 atom stereocenters. The van der Waals surface area contributed by atoms with Gasteiger partial charge in [-0.2, -0.15) is 0 Å². The van der Waals surface area contributed by atoms with Crippen LogP contribution in [0.1, 0.15) is 22.8 Å². The summed E-state index contributed by atoms with van der Waals surface area (Å²) in [5, 5.41) is 10.8. The van der Waals surface area contributed by atoms with Crippen LogP contribution >= 0.6 is 0 Å². The molecule has 0 spiro atoms. The van der Waals surface area contributed by atoms with E-state index in [-0.39, 0.29) is 23.1 Å². The fourth-order valence-electron chi connectivity index (χ4n) is 2.29. The Morgan fingerprint density at radius 3 is 2.38 bits per heavy atom. The molecule has 2 aromatic rings. The average Bonchev–Trinajstić information content (AvgIpc) is 2.60. The van der Waals surface area contributed by atoms with Crippen LogP contribution in [0.2, 0.25) is 0 Å². The third kappa shape index (κ3) is 5.98. The van der Waals surface area contributed by atoms with E-state index >= 15 is 0 Å². The van der Waals surface area contributed by atoms with Gasteiger partial charge < -0.3 is 10.6 Å². The van der Waals surface area contributed by atoms with Gasteiger partial charge in [-0.15, -0.1) is 0 Å². The second-order valence-electron chi connectivity index (χ2n) is 5.78. The minimum atomic E-state index is -3.69. The fourth-order valence-corrected chi connectivity index (χ4v) is 2.80. The molecular formula is C18H21N3O4S. The number of carbonyl (C=O) groups excluding carboxylic acids is 2. The zero-order valence-corrected chi connectivity index (χ0v) is 15.2. The number of benzene rings is 2. The molecule has 0 aliphatic rings. The van der Waals surface area contributed by atoms with Crippen LogP contribution in [0, 0.1) is 0 Å². The van der Waals surface area contributed by atoms with Crippen LogP contribution < -0.4 is 15.8 Å². The zero-order valence-electron chi connectivity index (χ0n) is 14.4. The lowest BCUT2D eigenvalue weighted by Gasteiger charge is -2.09. The summed E-state index contributed by atoms with van der Waals surface area (Å²) in [5.41, 5.74) is 2.17. The Bertz CT molecular complexity index is 893. The van der Waals surface area contributed by atoms with Gasteiger partial charge in [0.15, 0.2) is 5.78 Å². The van der Waals surface area contributed by atoms with Gasteiger partial charge in [0.05, 0.1) is 11.4 Å². The van der Waals surface area contributed by atoms with Gasteiger partial charge in [0.1, 0.15) is 0 Å². The van der Waals surface area contributed by atoms with Gasteiger partial charge in [-0.3, -0.25) is 9.59 Å². The van der Waals surface area contributed by atoms with Crippen molar-refractivity contribution in [1.29, 1.82) is 0 Å². The molecule has 0 saturated heterocycles. The average molecular weight is 375 g/mol. The summed E-state index contributed by atoms with van der Waals surface area (Å²) < 4.78 is 22.4. The molecule has 1 amide bonds. The summed E-state index contributed by atoms with van der Waals surface area (Å²) in [5.74, 6) is -0.217. The molecule has 7 nitrogen and oxygen atoms in total. The van der Waals surface area contributed by atoms with Crippen molar-refractivity contribution >= 4 is 27.4 Å². The molecule has 0 fully saturated rings. The number of carbonyl (C=O) groups is 2. The number of sulfonamides is 1. The van der Waals surface area contributed by atoms with Crippen molar-refractivity contribution < 1.29 is 18.0 Å². The number of rotatable bonds is 8. The number of amides is 1. The van der Waals surface area contributed by atoms with E-state index in [4.69, 9.17) is 5.14 Å². The molecule has 8 heteroatoms. The number of ketones is 1. The van der Waals surface area contributed by atoms with E-state index in [0.717, 1.165) is 5.56 Å². The fraction of sp³-hybridized carbons (Fsp3) is 0.222. The van der Waals surface area contributed by atoms with Crippen LogP contribution in [0.5, 0.6) is 0 Å². The molecule has 0 bridgehead atoms.